The second-order valence-corrected chi connectivity index (χ2v) is 10.6. The van der Waals surface area contributed by atoms with Crippen LogP contribution in [0.2, 0.25) is 5.02 Å². The molecule has 3 aromatic rings. The van der Waals surface area contributed by atoms with Gasteiger partial charge in [0.05, 0.1) is 0 Å². The van der Waals surface area contributed by atoms with Crippen molar-refractivity contribution in [1.29, 1.82) is 0 Å². The number of pyridine rings is 1. The number of fused-ring (bicyclic) bond motifs is 1. The van der Waals surface area contributed by atoms with Gasteiger partial charge in [-0.1, -0.05) is 61.2 Å². The fraction of sp³-hybridized carbons (Fsp3) is 0.387. The van der Waals surface area contributed by atoms with Crippen molar-refractivity contribution in [2.75, 3.05) is 13.1 Å². The minimum atomic E-state index is -0.0778. The third kappa shape index (κ3) is 7.13. The molecule has 5 rings (SSSR count). The second-order valence-electron chi connectivity index (χ2n) is 10.1. The number of rotatable bonds is 10. The van der Waals surface area contributed by atoms with Gasteiger partial charge in [0.15, 0.2) is 0 Å². The maximum atomic E-state index is 12.8. The third-order valence-electron chi connectivity index (χ3n) is 7.37. The first kappa shape index (κ1) is 25.8. The molecular formula is C31H36ClN3O2. The van der Waals surface area contributed by atoms with Crippen LogP contribution >= 0.6 is 11.6 Å². The highest BCUT2D eigenvalue weighted by Gasteiger charge is 2.14. The van der Waals surface area contributed by atoms with Gasteiger partial charge in [-0.2, -0.15) is 0 Å². The van der Waals surface area contributed by atoms with Gasteiger partial charge in [-0.05, 0) is 72.2 Å². The number of nitrogens with zero attached hydrogens (tertiary/aromatic N) is 1. The van der Waals surface area contributed by atoms with Gasteiger partial charge in [-0.15, -0.1) is 0 Å². The van der Waals surface area contributed by atoms with Crippen molar-refractivity contribution in [2.45, 2.75) is 64.1 Å². The van der Waals surface area contributed by atoms with E-state index in [4.69, 9.17) is 16.3 Å². The van der Waals surface area contributed by atoms with Crippen LogP contribution in [-0.4, -0.2) is 23.7 Å². The standard InChI is InChI=1S/C31H36ClN3O2/c32-27-11-7-23(8-12-27)22-37-30-14-17-35(31(36)20-30)29-13-10-25-18-24(6-9-26(25)19-29)21-33-15-16-34-28-4-2-1-3-5-28/h6-9,11-12,14,17-20,28,33-34H,1-5,10,13,15-16,21-22H2. The smallest absolute Gasteiger partial charge is 0.258 e. The molecule has 1 fully saturated rings. The van der Waals surface area contributed by atoms with Gasteiger partial charge in [0.2, 0.25) is 0 Å². The molecule has 0 aliphatic heterocycles. The Labute approximate surface area is 224 Å². The summed E-state index contributed by atoms with van der Waals surface area (Å²) in [6.07, 6.45) is 12.5. The van der Waals surface area contributed by atoms with Crippen molar-refractivity contribution in [3.05, 3.63) is 98.4 Å². The Balaban J connectivity index is 1.14. The Hall–Kier alpha value is -2.86. The van der Waals surface area contributed by atoms with Crippen LogP contribution in [0.3, 0.4) is 0 Å². The average Bonchev–Trinajstić information content (AvgIpc) is 2.93. The molecule has 1 saturated carbocycles. The van der Waals surface area contributed by atoms with Crippen molar-refractivity contribution in [3.8, 4) is 5.75 Å². The summed E-state index contributed by atoms with van der Waals surface area (Å²) in [6, 6.07) is 18.3. The van der Waals surface area contributed by atoms with E-state index in [0.29, 0.717) is 23.4 Å². The Morgan fingerprint density at radius 1 is 0.919 bits per heavy atom. The molecule has 2 aliphatic carbocycles. The van der Waals surface area contributed by atoms with Crippen molar-refractivity contribution in [3.63, 3.8) is 0 Å². The van der Waals surface area contributed by atoms with E-state index in [1.165, 1.54) is 48.8 Å². The first-order valence-corrected chi connectivity index (χ1v) is 13.9. The van der Waals surface area contributed by atoms with Gasteiger partial charge in [0.25, 0.3) is 5.56 Å². The Bertz CT molecular complexity index is 1280. The number of allylic oxidation sites excluding steroid dienone is 1. The highest BCUT2D eigenvalue weighted by Crippen LogP contribution is 2.27. The molecule has 194 valence electrons. The molecule has 37 heavy (non-hydrogen) atoms. The lowest BCUT2D eigenvalue weighted by atomic mass is 9.93. The van der Waals surface area contributed by atoms with Gasteiger partial charge in [0.1, 0.15) is 12.4 Å². The lowest BCUT2D eigenvalue weighted by Gasteiger charge is -2.23. The Morgan fingerprint density at radius 3 is 2.54 bits per heavy atom. The molecule has 0 saturated heterocycles. The van der Waals surface area contributed by atoms with E-state index in [9.17, 15) is 4.79 Å². The summed E-state index contributed by atoms with van der Waals surface area (Å²) < 4.78 is 7.55. The van der Waals surface area contributed by atoms with E-state index < -0.39 is 0 Å². The Morgan fingerprint density at radius 2 is 1.73 bits per heavy atom. The maximum absolute atomic E-state index is 12.8. The minimum Gasteiger partial charge on any atom is -0.489 e. The summed E-state index contributed by atoms with van der Waals surface area (Å²) in [5.74, 6) is 0.569. The number of halogens is 1. The highest BCUT2D eigenvalue weighted by atomic mass is 35.5. The number of benzene rings is 2. The molecule has 1 aromatic heterocycles. The summed E-state index contributed by atoms with van der Waals surface area (Å²) >= 11 is 5.94. The van der Waals surface area contributed by atoms with Gasteiger partial charge < -0.3 is 15.4 Å². The van der Waals surface area contributed by atoms with Crippen LogP contribution < -0.4 is 20.9 Å². The molecule has 5 nitrogen and oxygen atoms in total. The zero-order valence-electron chi connectivity index (χ0n) is 21.3. The topological polar surface area (TPSA) is 55.3 Å². The number of ether oxygens (including phenoxy) is 1. The molecule has 2 aliphatic rings. The van der Waals surface area contributed by atoms with E-state index in [1.807, 2.05) is 36.5 Å². The zero-order chi connectivity index (χ0) is 25.5. The van der Waals surface area contributed by atoms with Gasteiger partial charge in [0, 0.05) is 48.7 Å². The third-order valence-corrected chi connectivity index (χ3v) is 7.62. The normalized spacial score (nSPS) is 15.8. The lowest BCUT2D eigenvalue weighted by molar-refractivity contribution is 0.305. The molecule has 2 aromatic carbocycles. The van der Waals surface area contributed by atoms with Crippen LogP contribution in [0.5, 0.6) is 5.75 Å². The van der Waals surface area contributed by atoms with Gasteiger partial charge >= 0.3 is 0 Å². The second kappa shape index (κ2) is 12.6. The summed E-state index contributed by atoms with van der Waals surface area (Å²) in [7, 11) is 0. The van der Waals surface area contributed by atoms with Crippen LogP contribution in [0.15, 0.2) is 65.6 Å². The first-order chi connectivity index (χ1) is 18.1. The molecule has 0 atom stereocenters. The van der Waals surface area contributed by atoms with Crippen molar-refractivity contribution < 1.29 is 4.74 Å². The summed E-state index contributed by atoms with van der Waals surface area (Å²) in [6.45, 7) is 3.29. The molecule has 2 N–H and O–H groups in total. The fourth-order valence-corrected chi connectivity index (χ4v) is 5.40. The molecular weight excluding hydrogens is 482 g/mol. The molecule has 6 heteroatoms. The van der Waals surface area contributed by atoms with E-state index >= 15 is 0 Å². The molecule has 0 spiro atoms. The predicted molar refractivity (Wildman–Crippen MR) is 152 cm³/mol. The van der Waals surface area contributed by atoms with E-state index in [0.717, 1.165) is 43.7 Å². The number of hydrogen-bond donors (Lipinski definition) is 2. The molecule has 0 bridgehead atoms. The van der Waals surface area contributed by atoms with Crippen LogP contribution in [0.1, 0.15) is 60.8 Å². The largest absolute Gasteiger partial charge is 0.489 e. The lowest BCUT2D eigenvalue weighted by Crippen LogP contribution is -2.36. The summed E-state index contributed by atoms with van der Waals surface area (Å²) in [4.78, 5) is 12.8. The average molecular weight is 518 g/mol. The maximum Gasteiger partial charge on any atom is 0.258 e. The molecule has 0 amide bonds. The van der Waals surface area contributed by atoms with E-state index in [-0.39, 0.29) is 5.56 Å². The van der Waals surface area contributed by atoms with Crippen molar-refractivity contribution in [1.82, 2.24) is 15.2 Å². The van der Waals surface area contributed by atoms with E-state index in [2.05, 4.69) is 34.9 Å². The number of hydrogen-bond acceptors (Lipinski definition) is 4. The van der Waals surface area contributed by atoms with Crippen molar-refractivity contribution >= 4 is 23.4 Å². The molecule has 1 heterocycles. The summed E-state index contributed by atoms with van der Waals surface area (Å²) in [5.41, 5.74) is 5.80. The monoisotopic (exact) mass is 517 g/mol. The van der Waals surface area contributed by atoms with Crippen LogP contribution in [0.4, 0.5) is 0 Å². The molecule has 0 unspecified atom stereocenters. The fourth-order valence-electron chi connectivity index (χ4n) is 5.27. The predicted octanol–water partition coefficient (Wildman–Crippen LogP) is 6.04. The van der Waals surface area contributed by atoms with Crippen LogP contribution in [0.25, 0.3) is 11.8 Å². The summed E-state index contributed by atoms with van der Waals surface area (Å²) in [5, 5.41) is 7.96. The Kier molecular flexibility index (Phi) is 8.77. The number of aromatic nitrogens is 1. The van der Waals surface area contributed by atoms with E-state index in [1.54, 1.807) is 10.6 Å². The van der Waals surface area contributed by atoms with Crippen LogP contribution in [-0.2, 0) is 19.6 Å². The van der Waals surface area contributed by atoms with Gasteiger partial charge in [-0.3, -0.25) is 9.36 Å². The SMILES string of the molecule is O=c1cc(OCc2ccc(Cl)cc2)ccn1C1=Cc2ccc(CNCCNC3CCCCC3)cc2CC1. The van der Waals surface area contributed by atoms with Gasteiger partial charge in [-0.25, -0.2) is 0 Å². The highest BCUT2D eigenvalue weighted by molar-refractivity contribution is 6.30. The van der Waals surface area contributed by atoms with Crippen molar-refractivity contribution in [2.24, 2.45) is 0 Å². The van der Waals surface area contributed by atoms with Crippen LogP contribution in [0, 0.1) is 0 Å². The zero-order valence-corrected chi connectivity index (χ0v) is 22.1. The molecule has 0 radical (unpaired) electrons. The number of nitrogens with one attached hydrogen (secondary N) is 2. The quantitative estimate of drug-likeness (QED) is 0.322. The first-order valence-electron chi connectivity index (χ1n) is 13.5. The number of aryl methyl sites for hydroxylation is 1. The minimum absolute atomic E-state index is 0.0778.